The van der Waals surface area contributed by atoms with E-state index < -0.39 is 0 Å². The third-order valence-electron chi connectivity index (χ3n) is 6.54. The predicted molar refractivity (Wildman–Crippen MR) is 141 cm³/mol. The highest BCUT2D eigenvalue weighted by Gasteiger charge is 2.20. The number of aliphatic hydroxyl groups is 1. The van der Waals surface area contributed by atoms with Gasteiger partial charge in [-0.2, -0.15) is 4.98 Å². The molecule has 6 heteroatoms. The van der Waals surface area contributed by atoms with Gasteiger partial charge in [0, 0.05) is 43.1 Å². The standard InChI is InChI=1S/C30H31N3O3/c34-20-23-15-17-33(18-16-23)28-13-11-26(19-31-28)27-12-14-29(35-21-24-7-3-1-4-8-24)32-30(27)36-22-25-9-5-2-6-10-25/h1-14,19,23,34H,15-18,20-22H2. The summed E-state index contributed by atoms with van der Waals surface area (Å²) in [5, 5.41) is 9.40. The second-order valence-corrected chi connectivity index (χ2v) is 9.07. The van der Waals surface area contributed by atoms with Gasteiger partial charge in [-0.15, -0.1) is 0 Å². The fourth-order valence-electron chi connectivity index (χ4n) is 4.37. The van der Waals surface area contributed by atoms with Crippen molar-refractivity contribution in [1.29, 1.82) is 0 Å². The van der Waals surface area contributed by atoms with Gasteiger partial charge >= 0.3 is 0 Å². The summed E-state index contributed by atoms with van der Waals surface area (Å²) >= 11 is 0. The first kappa shape index (κ1) is 23.8. The molecule has 3 heterocycles. The number of aliphatic hydroxyl groups excluding tert-OH is 1. The SMILES string of the molecule is OCC1CCN(c2ccc(-c3ccc(OCc4ccccc4)nc3OCc3ccccc3)cn2)CC1. The molecule has 0 spiro atoms. The lowest BCUT2D eigenvalue weighted by atomic mass is 9.98. The number of nitrogens with zero attached hydrogens (tertiary/aromatic N) is 3. The van der Waals surface area contributed by atoms with E-state index in [0.29, 0.717) is 30.9 Å². The fourth-order valence-corrected chi connectivity index (χ4v) is 4.37. The zero-order valence-corrected chi connectivity index (χ0v) is 20.3. The summed E-state index contributed by atoms with van der Waals surface area (Å²) in [6, 6.07) is 28.1. The Morgan fingerprint density at radius 3 is 2.06 bits per heavy atom. The second-order valence-electron chi connectivity index (χ2n) is 9.07. The minimum atomic E-state index is 0.268. The Morgan fingerprint density at radius 1 is 0.778 bits per heavy atom. The molecule has 1 aliphatic heterocycles. The number of aromatic nitrogens is 2. The van der Waals surface area contributed by atoms with E-state index in [1.165, 1.54) is 0 Å². The van der Waals surface area contributed by atoms with Crippen molar-refractivity contribution < 1.29 is 14.6 Å². The van der Waals surface area contributed by atoms with Crippen LogP contribution in [0.25, 0.3) is 11.1 Å². The largest absolute Gasteiger partial charge is 0.473 e. The molecule has 0 aliphatic carbocycles. The van der Waals surface area contributed by atoms with Crippen LogP contribution in [0.2, 0.25) is 0 Å². The topological polar surface area (TPSA) is 67.7 Å². The van der Waals surface area contributed by atoms with Gasteiger partial charge in [-0.1, -0.05) is 60.7 Å². The smallest absolute Gasteiger partial charge is 0.225 e. The van der Waals surface area contributed by atoms with Gasteiger partial charge in [0.1, 0.15) is 19.0 Å². The second kappa shape index (κ2) is 11.7. The summed E-state index contributed by atoms with van der Waals surface area (Å²) in [6.45, 7) is 2.95. The Morgan fingerprint density at radius 2 is 1.44 bits per heavy atom. The first-order valence-corrected chi connectivity index (χ1v) is 12.5. The van der Waals surface area contributed by atoms with Gasteiger partial charge in [-0.3, -0.25) is 0 Å². The van der Waals surface area contributed by atoms with Crippen molar-refractivity contribution in [2.45, 2.75) is 26.1 Å². The van der Waals surface area contributed by atoms with Gasteiger partial charge < -0.3 is 19.5 Å². The average Bonchev–Trinajstić information content (AvgIpc) is 2.96. The Balaban J connectivity index is 1.35. The third kappa shape index (κ3) is 6.01. The summed E-state index contributed by atoms with van der Waals surface area (Å²) < 4.78 is 12.1. The third-order valence-corrected chi connectivity index (χ3v) is 6.54. The number of hydrogen-bond donors (Lipinski definition) is 1. The van der Waals surface area contributed by atoms with Crippen LogP contribution in [0.4, 0.5) is 5.82 Å². The molecule has 1 N–H and O–H groups in total. The minimum Gasteiger partial charge on any atom is -0.473 e. The number of hydrogen-bond acceptors (Lipinski definition) is 6. The van der Waals surface area contributed by atoms with Gasteiger partial charge in [-0.05, 0) is 48.1 Å². The Labute approximate surface area is 212 Å². The monoisotopic (exact) mass is 481 g/mol. The molecule has 2 aromatic heterocycles. The highest BCUT2D eigenvalue weighted by atomic mass is 16.5. The summed E-state index contributed by atoms with van der Waals surface area (Å²) in [6.07, 6.45) is 3.86. The maximum absolute atomic E-state index is 9.40. The van der Waals surface area contributed by atoms with Crippen LogP contribution in [0.5, 0.6) is 11.8 Å². The van der Waals surface area contributed by atoms with Crippen LogP contribution < -0.4 is 14.4 Å². The summed E-state index contributed by atoms with van der Waals surface area (Å²) in [5.74, 6) is 2.39. The number of rotatable bonds is 9. The summed E-state index contributed by atoms with van der Waals surface area (Å²) in [4.78, 5) is 11.7. The molecule has 1 saturated heterocycles. The average molecular weight is 482 g/mol. The molecular formula is C30H31N3O3. The van der Waals surface area contributed by atoms with Crippen LogP contribution in [-0.4, -0.2) is 34.8 Å². The fraction of sp³-hybridized carbons (Fsp3) is 0.267. The van der Waals surface area contributed by atoms with E-state index in [0.717, 1.165) is 54.0 Å². The zero-order chi connectivity index (χ0) is 24.6. The molecule has 36 heavy (non-hydrogen) atoms. The van der Waals surface area contributed by atoms with Crippen LogP contribution in [0.3, 0.4) is 0 Å². The Hall–Kier alpha value is -3.90. The maximum Gasteiger partial charge on any atom is 0.225 e. The number of ether oxygens (including phenoxy) is 2. The molecule has 5 rings (SSSR count). The molecule has 2 aromatic carbocycles. The van der Waals surface area contributed by atoms with Gasteiger partial charge in [0.15, 0.2) is 0 Å². The van der Waals surface area contributed by atoms with Crippen molar-refractivity contribution in [1.82, 2.24) is 9.97 Å². The maximum atomic E-state index is 9.40. The highest BCUT2D eigenvalue weighted by molar-refractivity contribution is 5.69. The zero-order valence-electron chi connectivity index (χ0n) is 20.3. The van der Waals surface area contributed by atoms with E-state index in [1.807, 2.05) is 79.0 Å². The summed E-state index contributed by atoms with van der Waals surface area (Å²) in [7, 11) is 0. The number of anilines is 1. The predicted octanol–water partition coefficient (Wildman–Crippen LogP) is 5.51. The van der Waals surface area contributed by atoms with Crippen molar-refractivity contribution in [3.63, 3.8) is 0 Å². The number of piperidine rings is 1. The van der Waals surface area contributed by atoms with Crippen LogP contribution in [0.15, 0.2) is 91.1 Å². The van der Waals surface area contributed by atoms with Crippen LogP contribution >= 0.6 is 0 Å². The number of pyridine rings is 2. The van der Waals surface area contributed by atoms with Crippen LogP contribution in [0, 0.1) is 5.92 Å². The van der Waals surface area contributed by atoms with E-state index in [-0.39, 0.29) is 6.61 Å². The van der Waals surface area contributed by atoms with Crippen molar-refractivity contribution in [3.05, 3.63) is 102 Å². The van der Waals surface area contributed by atoms with Gasteiger partial charge in [0.25, 0.3) is 0 Å². The first-order chi connectivity index (χ1) is 17.8. The normalized spacial score (nSPS) is 14.0. The van der Waals surface area contributed by atoms with Gasteiger partial charge in [0.2, 0.25) is 11.8 Å². The van der Waals surface area contributed by atoms with Crippen LogP contribution in [-0.2, 0) is 13.2 Å². The molecule has 0 unspecified atom stereocenters. The molecule has 0 atom stereocenters. The summed E-state index contributed by atoms with van der Waals surface area (Å²) in [5.41, 5.74) is 3.96. The molecule has 4 aromatic rings. The number of benzene rings is 2. The lowest BCUT2D eigenvalue weighted by molar-refractivity contribution is 0.203. The van der Waals surface area contributed by atoms with Gasteiger partial charge in [-0.25, -0.2) is 4.98 Å². The van der Waals surface area contributed by atoms with E-state index in [4.69, 9.17) is 19.4 Å². The van der Waals surface area contributed by atoms with E-state index >= 15 is 0 Å². The van der Waals surface area contributed by atoms with E-state index in [9.17, 15) is 5.11 Å². The van der Waals surface area contributed by atoms with Crippen molar-refractivity contribution in [2.24, 2.45) is 5.92 Å². The lowest BCUT2D eigenvalue weighted by Gasteiger charge is -2.32. The molecule has 1 fully saturated rings. The molecule has 1 aliphatic rings. The van der Waals surface area contributed by atoms with Crippen LogP contribution in [0.1, 0.15) is 24.0 Å². The van der Waals surface area contributed by atoms with Gasteiger partial charge in [0.05, 0.1) is 0 Å². The van der Waals surface area contributed by atoms with Crippen molar-refractivity contribution >= 4 is 5.82 Å². The Bertz CT molecular complexity index is 1230. The van der Waals surface area contributed by atoms with Crippen molar-refractivity contribution in [3.8, 4) is 22.9 Å². The first-order valence-electron chi connectivity index (χ1n) is 12.5. The Kier molecular flexibility index (Phi) is 7.73. The quantitative estimate of drug-likeness (QED) is 0.340. The molecule has 0 saturated carbocycles. The minimum absolute atomic E-state index is 0.268. The molecule has 0 bridgehead atoms. The molecule has 0 radical (unpaired) electrons. The molecule has 184 valence electrons. The lowest BCUT2D eigenvalue weighted by Crippen LogP contribution is -2.35. The molecular weight excluding hydrogens is 450 g/mol. The van der Waals surface area contributed by atoms with E-state index in [2.05, 4.69) is 17.0 Å². The van der Waals surface area contributed by atoms with Crippen molar-refractivity contribution in [2.75, 3.05) is 24.6 Å². The molecule has 0 amide bonds. The highest BCUT2D eigenvalue weighted by Crippen LogP contribution is 2.32. The molecule has 6 nitrogen and oxygen atoms in total. The van der Waals surface area contributed by atoms with E-state index in [1.54, 1.807) is 0 Å².